The zero-order chi connectivity index (χ0) is 23.7. The summed E-state index contributed by atoms with van der Waals surface area (Å²) in [5.74, 6) is -1.10. The lowest BCUT2D eigenvalue weighted by Gasteiger charge is -2.31. The van der Waals surface area contributed by atoms with E-state index in [0.717, 1.165) is 25.2 Å². The van der Waals surface area contributed by atoms with Crippen molar-refractivity contribution in [2.24, 2.45) is 0 Å². The first-order chi connectivity index (χ1) is 15.8. The van der Waals surface area contributed by atoms with Gasteiger partial charge in [0.15, 0.2) is 0 Å². The first kappa shape index (κ1) is 25.3. The third kappa shape index (κ3) is 8.51. The molecule has 0 radical (unpaired) electrons. The van der Waals surface area contributed by atoms with Crippen LogP contribution < -0.4 is 20.3 Å². The number of likely N-dealkylation sites (tertiary alicyclic amines) is 1. The van der Waals surface area contributed by atoms with Gasteiger partial charge in [0, 0.05) is 50.1 Å². The molecule has 3 N–H and O–H groups in total. The zero-order valence-electron chi connectivity index (χ0n) is 19.5. The minimum absolute atomic E-state index is 0.0143. The molecule has 0 bridgehead atoms. The van der Waals surface area contributed by atoms with Gasteiger partial charge in [-0.1, -0.05) is 6.92 Å². The average molecular weight is 480 g/mol. The van der Waals surface area contributed by atoms with Gasteiger partial charge in [0.05, 0.1) is 6.54 Å². The van der Waals surface area contributed by atoms with Gasteiger partial charge in [0.2, 0.25) is 21.8 Å². The Morgan fingerprint density at radius 1 is 0.970 bits per heavy atom. The third-order valence-electron chi connectivity index (χ3n) is 6.08. The number of hydrogen-bond acceptors (Lipinski definition) is 6. The van der Waals surface area contributed by atoms with E-state index in [0.29, 0.717) is 44.7 Å². The molecule has 0 aliphatic carbocycles. The average Bonchev–Trinajstić information content (AvgIpc) is 2.79. The highest BCUT2D eigenvalue weighted by Crippen LogP contribution is 2.22. The minimum atomic E-state index is -3.80. The summed E-state index contributed by atoms with van der Waals surface area (Å²) in [4.78, 5) is 28.5. The maximum atomic E-state index is 12.5. The predicted molar refractivity (Wildman–Crippen MR) is 131 cm³/mol. The van der Waals surface area contributed by atoms with Crippen LogP contribution in [0.5, 0.6) is 0 Å². The molecule has 1 aromatic rings. The van der Waals surface area contributed by atoms with E-state index in [1.807, 2.05) is 19.1 Å². The Bertz CT molecular complexity index is 877. The molecule has 0 saturated carbocycles. The number of carbonyl (C=O) groups is 2. The lowest BCUT2D eigenvalue weighted by molar-refractivity contribution is -0.123. The van der Waals surface area contributed by atoms with E-state index in [1.54, 1.807) is 12.1 Å². The molecule has 9 nitrogen and oxygen atoms in total. The number of anilines is 2. The molecule has 33 heavy (non-hydrogen) atoms. The molecule has 10 heteroatoms. The quantitative estimate of drug-likeness (QED) is 0.469. The van der Waals surface area contributed by atoms with Gasteiger partial charge in [0.25, 0.3) is 0 Å². The number of amides is 2. The van der Waals surface area contributed by atoms with Crippen LogP contribution >= 0.6 is 0 Å². The van der Waals surface area contributed by atoms with Crippen molar-refractivity contribution in [3.05, 3.63) is 24.3 Å². The van der Waals surface area contributed by atoms with E-state index in [4.69, 9.17) is 0 Å². The summed E-state index contributed by atoms with van der Waals surface area (Å²) in [6, 6.07) is 7.24. The normalized spacial score (nSPS) is 18.0. The second kappa shape index (κ2) is 12.2. The molecule has 0 aromatic heterocycles. The Balaban J connectivity index is 1.40. The van der Waals surface area contributed by atoms with Crippen molar-refractivity contribution in [3.63, 3.8) is 0 Å². The smallest absolute Gasteiger partial charge is 0.241 e. The number of benzene rings is 1. The molecule has 2 aliphatic rings. The van der Waals surface area contributed by atoms with Crippen LogP contribution in [0.3, 0.4) is 0 Å². The van der Waals surface area contributed by atoms with E-state index < -0.39 is 21.7 Å². The van der Waals surface area contributed by atoms with Crippen molar-refractivity contribution in [2.45, 2.75) is 51.5 Å². The van der Waals surface area contributed by atoms with Crippen molar-refractivity contribution in [2.75, 3.05) is 54.6 Å². The molecule has 0 atom stereocenters. The molecule has 0 unspecified atom stereocenters. The van der Waals surface area contributed by atoms with Crippen LogP contribution in [0, 0.1) is 0 Å². The number of sulfonamides is 1. The highest BCUT2D eigenvalue weighted by molar-refractivity contribution is 7.93. The van der Waals surface area contributed by atoms with E-state index >= 15 is 0 Å². The number of nitrogens with one attached hydrogen (secondary N) is 3. The van der Waals surface area contributed by atoms with Crippen LogP contribution in [0.4, 0.5) is 11.4 Å². The summed E-state index contributed by atoms with van der Waals surface area (Å²) in [6.07, 6.45) is 5.90. The molecule has 0 spiro atoms. The van der Waals surface area contributed by atoms with E-state index in [9.17, 15) is 18.0 Å². The zero-order valence-corrected chi connectivity index (χ0v) is 20.3. The van der Waals surface area contributed by atoms with Gasteiger partial charge in [-0.2, -0.15) is 0 Å². The summed E-state index contributed by atoms with van der Waals surface area (Å²) in [7, 11) is -3.80. The Kier molecular flexibility index (Phi) is 9.37. The van der Waals surface area contributed by atoms with Gasteiger partial charge in [-0.05, 0) is 62.8 Å². The number of nitrogens with zero attached hydrogens (tertiary/aromatic N) is 2. The van der Waals surface area contributed by atoms with Crippen LogP contribution in [-0.2, 0) is 19.6 Å². The fourth-order valence-electron chi connectivity index (χ4n) is 4.31. The predicted octanol–water partition coefficient (Wildman–Crippen LogP) is 1.53. The van der Waals surface area contributed by atoms with Gasteiger partial charge < -0.3 is 15.5 Å². The van der Waals surface area contributed by atoms with Gasteiger partial charge in [0.1, 0.15) is 5.75 Å². The van der Waals surface area contributed by atoms with Crippen molar-refractivity contribution in [3.8, 4) is 0 Å². The van der Waals surface area contributed by atoms with Crippen molar-refractivity contribution >= 4 is 33.2 Å². The molecule has 2 heterocycles. The van der Waals surface area contributed by atoms with Gasteiger partial charge in [-0.25, -0.2) is 8.42 Å². The molecule has 1 aromatic carbocycles. The van der Waals surface area contributed by atoms with Crippen LogP contribution in [-0.4, -0.2) is 76.2 Å². The maximum absolute atomic E-state index is 12.5. The number of piperidine rings is 2. The van der Waals surface area contributed by atoms with Crippen LogP contribution in [0.2, 0.25) is 0 Å². The maximum Gasteiger partial charge on any atom is 0.241 e. The monoisotopic (exact) mass is 479 g/mol. The standard InChI is InChI=1S/C23H37N5O4S/c1-2-12-24-22(29)17-27-15-10-19(11-16-27)25-23(30)18-33(31,32)26-20-6-8-21(9-7-20)28-13-4-3-5-14-28/h6-9,19,26H,2-5,10-18H2,1H3,(H,24,29)(H,25,30). The first-order valence-corrected chi connectivity index (χ1v) is 13.6. The van der Waals surface area contributed by atoms with Crippen LogP contribution in [0.25, 0.3) is 0 Å². The van der Waals surface area contributed by atoms with Crippen molar-refractivity contribution in [1.82, 2.24) is 15.5 Å². The number of carbonyl (C=O) groups excluding carboxylic acids is 2. The van der Waals surface area contributed by atoms with Crippen LogP contribution in [0.1, 0.15) is 45.4 Å². The van der Waals surface area contributed by atoms with Gasteiger partial charge in [-0.3, -0.25) is 19.2 Å². The largest absolute Gasteiger partial charge is 0.372 e. The summed E-state index contributed by atoms with van der Waals surface area (Å²) in [5.41, 5.74) is 1.54. The molecule has 2 aliphatic heterocycles. The van der Waals surface area contributed by atoms with Crippen molar-refractivity contribution < 1.29 is 18.0 Å². The molecule has 2 saturated heterocycles. The minimum Gasteiger partial charge on any atom is -0.372 e. The molecular weight excluding hydrogens is 442 g/mol. The fraction of sp³-hybridized carbons (Fsp3) is 0.652. The second-order valence-corrected chi connectivity index (χ2v) is 10.6. The Morgan fingerprint density at radius 3 is 2.27 bits per heavy atom. The van der Waals surface area contributed by atoms with Crippen molar-refractivity contribution in [1.29, 1.82) is 0 Å². The molecule has 3 rings (SSSR count). The highest BCUT2D eigenvalue weighted by Gasteiger charge is 2.24. The summed E-state index contributed by atoms with van der Waals surface area (Å²) >= 11 is 0. The summed E-state index contributed by atoms with van der Waals surface area (Å²) < 4.78 is 27.4. The van der Waals surface area contributed by atoms with Gasteiger partial charge >= 0.3 is 0 Å². The van der Waals surface area contributed by atoms with Gasteiger partial charge in [-0.15, -0.1) is 0 Å². The summed E-state index contributed by atoms with van der Waals surface area (Å²) in [6.45, 7) is 6.48. The first-order valence-electron chi connectivity index (χ1n) is 12.0. The van der Waals surface area contributed by atoms with Crippen LogP contribution in [0.15, 0.2) is 24.3 Å². The topological polar surface area (TPSA) is 111 Å². The molecule has 2 fully saturated rings. The number of rotatable bonds is 10. The molecule has 184 valence electrons. The summed E-state index contributed by atoms with van der Waals surface area (Å²) in [5, 5.41) is 5.69. The lowest BCUT2D eigenvalue weighted by atomic mass is 10.1. The fourth-order valence-corrected chi connectivity index (χ4v) is 5.30. The second-order valence-electron chi connectivity index (χ2n) is 8.92. The van der Waals surface area contributed by atoms with E-state index in [2.05, 4.69) is 25.2 Å². The highest BCUT2D eigenvalue weighted by atomic mass is 32.2. The molecular formula is C23H37N5O4S. The SMILES string of the molecule is CCCNC(=O)CN1CCC(NC(=O)CS(=O)(=O)Nc2ccc(N3CCCCC3)cc2)CC1. The van der Waals surface area contributed by atoms with E-state index in [-0.39, 0.29) is 11.9 Å². The Morgan fingerprint density at radius 2 is 1.64 bits per heavy atom. The Hall–Kier alpha value is -2.33. The lowest BCUT2D eigenvalue weighted by Crippen LogP contribution is -2.48. The molecule has 2 amide bonds. The van der Waals surface area contributed by atoms with E-state index in [1.165, 1.54) is 19.3 Å². The number of hydrogen-bond donors (Lipinski definition) is 3. The third-order valence-corrected chi connectivity index (χ3v) is 7.26. The Labute approximate surface area is 197 Å².